The normalized spacial score (nSPS) is 18.6. The topological polar surface area (TPSA) is 44.3 Å². The van der Waals surface area contributed by atoms with E-state index in [4.69, 9.17) is 0 Å². The number of rotatable bonds is 4. The van der Waals surface area contributed by atoms with Gasteiger partial charge in [-0.05, 0) is 31.9 Å². The number of para-hydroxylation sites is 1. The van der Waals surface area contributed by atoms with Crippen molar-refractivity contribution in [1.82, 2.24) is 9.97 Å². The van der Waals surface area contributed by atoms with Crippen LogP contribution in [0.15, 0.2) is 30.3 Å². The summed E-state index contributed by atoms with van der Waals surface area (Å²) < 4.78 is 14.0. The van der Waals surface area contributed by atoms with Crippen LogP contribution in [-0.4, -0.2) is 42.2 Å². The lowest BCUT2D eigenvalue weighted by Gasteiger charge is -2.37. The van der Waals surface area contributed by atoms with E-state index in [2.05, 4.69) is 31.2 Å². The summed E-state index contributed by atoms with van der Waals surface area (Å²) in [6.07, 6.45) is 6.39. The number of piperazine rings is 1. The summed E-state index contributed by atoms with van der Waals surface area (Å²) in [5, 5.41) is 3.61. The predicted molar refractivity (Wildman–Crippen MR) is 108 cm³/mol. The number of hydrogen-bond acceptors (Lipinski definition) is 5. The molecule has 0 amide bonds. The largest absolute Gasteiger partial charge is 0.367 e. The van der Waals surface area contributed by atoms with Crippen molar-refractivity contribution < 1.29 is 4.39 Å². The SMILES string of the molecule is Cc1nc(NC2CCCCC2)cc(N2CCN(c3ccccc3F)CC2)n1. The van der Waals surface area contributed by atoms with Crippen LogP contribution in [0.2, 0.25) is 0 Å². The third-order valence-electron chi connectivity index (χ3n) is 5.58. The van der Waals surface area contributed by atoms with E-state index in [0.29, 0.717) is 11.7 Å². The van der Waals surface area contributed by atoms with Gasteiger partial charge in [0.1, 0.15) is 23.3 Å². The summed E-state index contributed by atoms with van der Waals surface area (Å²) in [6, 6.07) is 9.60. The Morgan fingerprint density at radius 2 is 1.67 bits per heavy atom. The number of nitrogens with one attached hydrogen (secondary N) is 1. The summed E-state index contributed by atoms with van der Waals surface area (Å²) in [7, 11) is 0. The second-order valence-electron chi connectivity index (χ2n) is 7.56. The molecular formula is C21H28FN5. The molecule has 2 heterocycles. The van der Waals surface area contributed by atoms with Gasteiger partial charge < -0.3 is 15.1 Å². The summed E-state index contributed by atoms with van der Waals surface area (Å²) in [5.41, 5.74) is 0.690. The molecule has 1 saturated heterocycles. The maximum Gasteiger partial charge on any atom is 0.146 e. The minimum Gasteiger partial charge on any atom is -0.367 e. The summed E-state index contributed by atoms with van der Waals surface area (Å²) in [5.74, 6) is 2.54. The van der Waals surface area contributed by atoms with E-state index in [9.17, 15) is 4.39 Å². The third kappa shape index (κ3) is 4.31. The molecular weight excluding hydrogens is 341 g/mol. The predicted octanol–water partition coefficient (Wildman–Crippen LogP) is 4.00. The van der Waals surface area contributed by atoms with Gasteiger partial charge >= 0.3 is 0 Å². The number of aromatic nitrogens is 2. The molecule has 1 aliphatic heterocycles. The van der Waals surface area contributed by atoms with Crippen LogP contribution in [0.25, 0.3) is 0 Å². The van der Waals surface area contributed by atoms with Crippen LogP contribution in [0.5, 0.6) is 0 Å². The van der Waals surface area contributed by atoms with Crippen molar-refractivity contribution in [3.8, 4) is 0 Å². The van der Waals surface area contributed by atoms with Gasteiger partial charge in [-0.3, -0.25) is 0 Å². The van der Waals surface area contributed by atoms with E-state index in [1.54, 1.807) is 6.07 Å². The Morgan fingerprint density at radius 1 is 0.963 bits per heavy atom. The molecule has 0 radical (unpaired) electrons. The molecule has 4 rings (SSSR count). The van der Waals surface area contributed by atoms with Gasteiger partial charge in [-0.25, -0.2) is 14.4 Å². The van der Waals surface area contributed by atoms with Crippen LogP contribution in [0.1, 0.15) is 37.9 Å². The van der Waals surface area contributed by atoms with Crippen molar-refractivity contribution in [1.29, 1.82) is 0 Å². The first kappa shape index (κ1) is 18.0. The Balaban J connectivity index is 1.42. The highest BCUT2D eigenvalue weighted by molar-refractivity contribution is 5.53. The Bertz CT molecular complexity index is 767. The van der Waals surface area contributed by atoms with Crippen molar-refractivity contribution >= 4 is 17.3 Å². The maximum absolute atomic E-state index is 14.0. The van der Waals surface area contributed by atoms with Crippen LogP contribution in [0, 0.1) is 12.7 Å². The zero-order chi connectivity index (χ0) is 18.6. The van der Waals surface area contributed by atoms with E-state index in [0.717, 1.165) is 43.6 Å². The van der Waals surface area contributed by atoms with Crippen LogP contribution < -0.4 is 15.1 Å². The first-order valence-electron chi connectivity index (χ1n) is 10.1. The zero-order valence-electron chi connectivity index (χ0n) is 16.0. The van der Waals surface area contributed by atoms with Gasteiger partial charge in [0, 0.05) is 38.3 Å². The van der Waals surface area contributed by atoms with E-state index in [1.165, 1.54) is 38.2 Å². The molecule has 1 aromatic heterocycles. The van der Waals surface area contributed by atoms with Gasteiger partial charge in [-0.15, -0.1) is 0 Å². The number of halogens is 1. The molecule has 1 aliphatic carbocycles. The molecule has 144 valence electrons. The maximum atomic E-state index is 14.0. The average Bonchev–Trinajstić information content (AvgIpc) is 2.69. The Hall–Kier alpha value is -2.37. The first-order chi connectivity index (χ1) is 13.2. The lowest BCUT2D eigenvalue weighted by Crippen LogP contribution is -2.47. The number of benzene rings is 1. The molecule has 0 unspecified atom stereocenters. The smallest absolute Gasteiger partial charge is 0.146 e. The van der Waals surface area contributed by atoms with Crippen molar-refractivity contribution in [3.05, 3.63) is 42.0 Å². The molecule has 27 heavy (non-hydrogen) atoms. The Kier molecular flexibility index (Phi) is 5.41. The van der Waals surface area contributed by atoms with Crippen molar-refractivity contribution in [2.45, 2.75) is 45.1 Å². The number of hydrogen-bond donors (Lipinski definition) is 1. The van der Waals surface area contributed by atoms with Gasteiger partial charge in [0.05, 0.1) is 5.69 Å². The highest BCUT2D eigenvalue weighted by Crippen LogP contribution is 2.25. The fourth-order valence-corrected chi connectivity index (χ4v) is 4.13. The number of aryl methyl sites for hydroxylation is 1. The zero-order valence-corrected chi connectivity index (χ0v) is 16.0. The molecule has 0 spiro atoms. The van der Waals surface area contributed by atoms with Crippen LogP contribution >= 0.6 is 0 Å². The minimum atomic E-state index is -0.150. The first-order valence-corrected chi connectivity index (χ1v) is 10.1. The summed E-state index contributed by atoms with van der Waals surface area (Å²) in [6.45, 7) is 5.18. The highest BCUT2D eigenvalue weighted by Gasteiger charge is 2.21. The Labute approximate surface area is 160 Å². The molecule has 0 atom stereocenters. The molecule has 1 saturated carbocycles. The molecule has 5 nitrogen and oxygen atoms in total. The van der Waals surface area contributed by atoms with E-state index >= 15 is 0 Å². The molecule has 2 aliphatic rings. The molecule has 0 bridgehead atoms. The fourth-order valence-electron chi connectivity index (χ4n) is 4.13. The monoisotopic (exact) mass is 369 g/mol. The fraction of sp³-hybridized carbons (Fsp3) is 0.524. The van der Waals surface area contributed by atoms with Gasteiger partial charge in [-0.1, -0.05) is 31.4 Å². The van der Waals surface area contributed by atoms with E-state index < -0.39 is 0 Å². The number of anilines is 3. The van der Waals surface area contributed by atoms with Crippen LogP contribution in [0.3, 0.4) is 0 Å². The average molecular weight is 369 g/mol. The second kappa shape index (κ2) is 8.11. The van der Waals surface area contributed by atoms with Gasteiger partial charge in [0.15, 0.2) is 0 Å². The van der Waals surface area contributed by atoms with Crippen LogP contribution in [0.4, 0.5) is 21.7 Å². The van der Waals surface area contributed by atoms with Crippen molar-refractivity contribution in [3.63, 3.8) is 0 Å². The molecule has 2 fully saturated rings. The second-order valence-corrected chi connectivity index (χ2v) is 7.56. The quantitative estimate of drug-likeness (QED) is 0.883. The molecule has 6 heteroatoms. The number of nitrogens with zero attached hydrogens (tertiary/aromatic N) is 4. The molecule has 2 aromatic rings. The lowest BCUT2D eigenvalue weighted by atomic mass is 9.95. The van der Waals surface area contributed by atoms with Crippen molar-refractivity contribution in [2.75, 3.05) is 41.3 Å². The van der Waals surface area contributed by atoms with Gasteiger partial charge in [-0.2, -0.15) is 0 Å². The van der Waals surface area contributed by atoms with Crippen molar-refractivity contribution in [2.24, 2.45) is 0 Å². The minimum absolute atomic E-state index is 0.150. The van der Waals surface area contributed by atoms with E-state index in [-0.39, 0.29) is 5.82 Å². The lowest BCUT2D eigenvalue weighted by molar-refractivity contribution is 0.461. The standard InChI is InChI=1S/C21H28FN5/c1-16-23-20(25-17-7-3-2-4-8-17)15-21(24-16)27-13-11-26(12-14-27)19-10-6-5-9-18(19)22/h5-6,9-10,15,17H,2-4,7-8,11-14H2,1H3,(H,23,24,25). The van der Waals surface area contributed by atoms with Gasteiger partial charge in [0.2, 0.25) is 0 Å². The summed E-state index contributed by atoms with van der Waals surface area (Å²) >= 11 is 0. The summed E-state index contributed by atoms with van der Waals surface area (Å²) in [4.78, 5) is 13.6. The van der Waals surface area contributed by atoms with Crippen LogP contribution in [-0.2, 0) is 0 Å². The van der Waals surface area contributed by atoms with E-state index in [1.807, 2.05) is 19.1 Å². The molecule has 1 aromatic carbocycles. The molecule has 1 N–H and O–H groups in total. The van der Waals surface area contributed by atoms with Gasteiger partial charge in [0.25, 0.3) is 0 Å². The highest BCUT2D eigenvalue weighted by atomic mass is 19.1. The third-order valence-corrected chi connectivity index (χ3v) is 5.58. The Morgan fingerprint density at radius 3 is 2.41 bits per heavy atom.